The highest BCUT2D eigenvalue weighted by Crippen LogP contribution is 2.18. The Hall–Kier alpha value is -0.810. The van der Waals surface area contributed by atoms with E-state index in [-0.39, 0.29) is 18.6 Å². The van der Waals surface area contributed by atoms with Gasteiger partial charge in [0.2, 0.25) is 0 Å². The highest BCUT2D eigenvalue weighted by Gasteiger charge is 2.23. The van der Waals surface area contributed by atoms with E-state index in [4.69, 9.17) is 5.11 Å². The Kier molecular flexibility index (Phi) is 5.88. The van der Waals surface area contributed by atoms with Crippen molar-refractivity contribution in [3.8, 4) is 0 Å². The van der Waals surface area contributed by atoms with Crippen LogP contribution < -0.4 is 0 Å². The van der Waals surface area contributed by atoms with Crippen molar-refractivity contribution < 1.29 is 9.90 Å². The van der Waals surface area contributed by atoms with Crippen LogP contribution in [0.2, 0.25) is 0 Å². The van der Waals surface area contributed by atoms with E-state index < -0.39 is 0 Å². The first kappa shape index (κ1) is 15.2. The number of aryl methyl sites for hydroxylation is 1. The van der Waals surface area contributed by atoms with E-state index in [0.717, 1.165) is 17.3 Å². The lowest BCUT2D eigenvalue weighted by Gasteiger charge is -2.30. The average molecular weight is 317 g/mol. The van der Waals surface area contributed by atoms with Crippen LogP contribution in [0.25, 0.3) is 0 Å². The van der Waals surface area contributed by atoms with Crippen LogP contribution in [-0.4, -0.2) is 39.7 Å². The number of carbonyl (C=O) groups excluding carboxylic acids is 1. The van der Waals surface area contributed by atoms with Crippen molar-refractivity contribution in [3.63, 3.8) is 0 Å². The number of aromatic nitrogens is 1. The number of carbonyl (C=O) groups is 1. The molecule has 102 valence electrons. The first-order chi connectivity index (χ1) is 8.54. The molecule has 0 aliphatic rings. The average Bonchev–Trinajstić information content (AvgIpc) is 2.68. The molecule has 0 atom stereocenters. The Bertz CT molecular complexity index is 400. The minimum atomic E-state index is -0.0223. The van der Waals surface area contributed by atoms with Gasteiger partial charge in [-0.2, -0.15) is 0 Å². The van der Waals surface area contributed by atoms with Crippen molar-refractivity contribution in [2.45, 2.75) is 32.7 Å². The molecule has 1 heterocycles. The van der Waals surface area contributed by atoms with Crippen LogP contribution in [0.3, 0.4) is 0 Å². The van der Waals surface area contributed by atoms with Gasteiger partial charge in [0.05, 0.1) is 6.61 Å². The summed E-state index contributed by atoms with van der Waals surface area (Å²) in [7, 11) is 1.85. The number of hydrogen-bond acceptors (Lipinski definition) is 2. The molecule has 0 saturated heterocycles. The molecule has 0 radical (unpaired) electrons. The first-order valence-electron chi connectivity index (χ1n) is 6.28. The molecule has 0 fully saturated rings. The highest BCUT2D eigenvalue weighted by molar-refractivity contribution is 9.10. The van der Waals surface area contributed by atoms with Gasteiger partial charge in [-0.05, 0) is 34.8 Å². The van der Waals surface area contributed by atoms with Gasteiger partial charge in [0.1, 0.15) is 5.69 Å². The predicted molar refractivity (Wildman–Crippen MR) is 75.6 cm³/mol. The number of nitrogens with zero attached hydrogens (tertiary/aromatic N) is 2. The maximum Gasteiger partial charge on any atom is 0.270 e. The topological polar surface area (TPSA) is 45.5 Å². The van der Waals surface area contributed by atoms with E-state index in [1.807, 2.05) is 19.3 Å². The standard InChI is InChI=1S/C13H21BrN2O2/c1-4-11(5-2)16(6-7-17)13(18)12-8-10(14)9-15(12)3/h8-9,11,17H,4-7H2,1-3H3. The van der Waals surface area contributed by atoms with Crippen molar-refractivity contribution >= 4 is 21.8 Å². The highest BCUT2D eigenvalue weighted by atomic mass is 79.9. The molecule has 4 nitrogen and oxygen atoms in total. The van der Waals surface area contributed by atoms with Crippen molar-refractivity contribution in [2.24, 2.45) is 7.05 Å². The summed E-state index contributed by atoms with van der Waals surface area (Å²) in [6, 6.07) is 1.99. The monoisotopic (exact) mass is 316 g/mol. The van der Waals surface area contributed by atoms with E-state index in [0.29, 0.717) is 12.2 Å². The van der Waals surface area contributed by atoms with Crippen LogP contribution >= 0.6 is 15.9 Å². The lowest BCUT2D eigenvalue weighted by molar-refractivity contribution is 0.0612. The second-order valence-corrected chi connectivity index (χ2v) is 5.26. The van der Waals surface area contributed by atoms with Crippen LogP contribution in [0.5, 0.6) is 0 Å². The summed E-state index contributed by atoms with van der Waals surface area (Å²) in [5.74, 6) is -0.0223. The molecule has 0 aromatic carbocycles. The zero-order valence-corrected chi connectivity index (χ0v) is 12.8. The molecular formula is C13H21BrN2O2. The van der Waals surface area contributed by atoms with Gasteiger partial charge in [-0.1, -0.05) is 13.8 Å². The van der Waals surface area contributed by atoms with Crippen LogP contribution in [0, 0.1) is 0 Å². The van der Waals surface area contributed by atoms with Gasteiger partial charge in [-0.3, -0.25) is 4.79 Å². The van der Waals surface area contributed by atoms with Gasteiger partial charge in [-0.15, -0.1) is 0 Å². The molecule has 1 rings (SSSR count). The molecule has 18 heavy (non-hydrogen) atoms. The molecule has 1 aromatic heterocycles. The van der Waals surface area contributed by atoms with Crippen LogP contribution in [0.15, 0.2) is 16.7 Å². The molecule has 0 bridgehead atoms. The molecule has 5 heteroatoms. The number of aliphatic hydroxyl groups excluding tert-OH is 1. The van der Waals surface area contributed by atoms with E-state index in [2.05, 4.69) is 29.8 Å². The van der Waals surface area contributed by atoms with Crippen molar-refractivity contribution in [2.75, 3.05) is 13.2 Å². The van der Waals surface area contributed by atoms with Crippen LogP contribution in [0.4, 0.5) is 0 Å². The van der Waals surface area contributed by atoms with Crippen molar-refractivity contribution in [3.05, 3.63) is 22.4 Å². The fourth-order valence-electron chi connectivity index (χ4n) is 2.17. The molecule has 1 N–H and O–H groups in total. The largest absolute Gasteiger partial charge is 0.395 e. The number of aliphatic hydroxyl groups is 1. The summed E-state index contributed by atoms with van der Waals surface area (Å²) in [4.78, 5) is 14.3. The molecule has 0 aliphatic heterocycles. The summed E-state index contributed by atoms with van der Waals surface area (Å²) in [6.07, 6.45) is 3.65. The van der Waals surface area contributed by atoms with Crippen molar-refractivity contribution in [1.82, 2.24) is 9.47 Å². The lowest BCUT2D eigenvalue weighted by Crippen LogP contribution is -2.42. The summed E-state index contributed by atoms with van der Waals surface area (Å²) < 4.78 is 2.70. The molecule has 1 aromatic rings. The molecule has 0 spiro atoms. The molecule has 1 amide bonds. The minimum Gasteiger partial charge on any atom is -0.395 e. The molecule has 0 aliphatic carbocycles. The third-order valence-corrected chi connectivity index (χ3v) is 3.61. The third-order valence-electron chi connectivity index (χ3n) is 3.18. The van der Waals surface area contributed by atoms with Gasteiger partial charge >= 0.3 is 0 Å². The van der Waals surface area contributed by atoms with Gasteiger partial charge in [0.25, 0.3) is 5.91 Å². The Morgan fingerprint density at radius 2 is 2.11 bits per heavy atom. The van der Waals surface area contributed by atoms with Crippen molar-refractivity contribution in [1.29, 1.82) is 0 Å². The second kappa shape index (κ2) is 6.95. The van der Waals surface area contributed by atoms with Crippen LogP contribution in [-0.2, 0) is 7.05 Å². The smallest absolute Gasteiger partial charge is 0.270 e. The predicted octanol–water partition coefficient (Wildman–Crippen LogP) is 2.41. The second-order valence-electron chi connectivity index (χ2n) is 4.35. The zero-order chi connectivity index (χ0) is 13.7. The normalized spacial score (nSPS) is 11.0. The maximum atomic E-state index is 12.5. The Morgan fingerprint density at radius 1 is 1.50 bits per heavy atom. The van der Waals surface area contributed by atoms with Gasteiger partial charge in [-0.25, -0.2) is 0 Å². The Balaban J connectivity index is 2.98. The zero-order valence-electron chi connectivity index (χ0n) is 11.2. The fraction of sp³-hybridized carbons (Fsp3) is 0.615. The number of halogens is 1. The van der Waals surface area contributed by atoms with Gasteiger partial charge in [0.15, 0.2) is 0 Å². The third kappa shape index (κ3) is 3.36. The molecule has 0 unspecified atom stereocenters. The number of hydrogen-bond donors (Lipinski definition) is 1. The first-order valence-corrected chi connectivity index (χ1v) is 7.08. The lowest BCUT2D eigenvalue weighted by atomic mass is 10.1. The van der Waals surface area contributed by atoms with Gasteiger partial charge < -0.3 is 14.6 Å². The SMILES string of the molecule is CCC(CC)N(CCO)C(=O)c1cc(Br)cn1C. The minimum absolute atomic E-state index is 0.00612. The summed E-state index contributed by atoms with van der Waals surface area (Å²) in [5, 5.41) is 9.14. The van der Waals surface area contributed by atoms with Gasteiger partial charge in [0, 0.05) is 30.3 Å². The summed E-state index contributed by atoms with van der Waals surface area (Å²) >= 11 is 3.37. The Labute approximate surface area is 117 Å². The molecule has 0 saturated carbocycles. The summed E-state index contributed by atoms with van der Waals surface area (Å²) in [5.41, 5.74) is 0.641. The Morgan fingerprint density at radius 3 is 2.50 bits per heavy atom. The van der Waals surface area contributed by atoms with Crippen LogP contribution in [0.1, 0.15) is 37.2 Å². The maximum absolute atomic E-state index is 12.5. The van der Waals surface area contributed by atoms with E-state index in [1.165, 1.54) is 0 Å². The number of amides is 1. The van der Waals surface area contributed by atoms with E-state index >= 15 is 0 Å². The van der Waals surface area contributed by atoms with E-state index in [1.54, 1.807) is 9.47 Å². The van der Waals surface area contributed by atoms with E-state index in [9.17, 15) is 4.79 Å². The molecular weight excluding hydrogens is 296 g/mol. The quantitative estimate of drug-likeness (QED) is 0.876. The fourth-order valence-corrected chi connectivity index (χ4v) is 2.70. The summed E-state index contributed by atoms with van der Waals surface area (Å²) in [6.45, 7) is 4.50. The number of rotatable bonds is 6.